The van der Waals surface area contributed by atoms with Crippen LogP contribution in [0.1, 0.15) is 10.4 Å². The minimum atomic E-state index is -1.74. The van der Waals surface area contributed by atoms with Gasteiger partial charge in [0.1, 0.15) is 42.7 Å². The van der Waals surface area contributed by atoms with E-state index in [1.54, 1.807) is 48.5 Å². The summed E-state index contributed by atoms with van der Waals surface area (Å²) in [6.45, 7) is -0.857. The minimum Gasteiger partial charge on any atom is -0.478 e. The molecule has 1 aliphatic carbocycles. The number of hydrogen-bond donors (Lipinski definition) is 19. The van der Waals surface area contributed by atoms with Crippen LogP contribution in [-0.2, 0) is 9.47 Å². The summed E-state index contributed by atoms with van der Waals surface area (Å²) in [4.78, 5) is 146. The summed E-state index contributed by atoms with van der Waals surface area (Å²) in [5, 5.41) is 56.8. The normalized spacial score (nSPS) is 13.7. The van der Waals surface area contributed by atoms with Crippen molar-refractivity contribution in [1.82, 2.24) is 100 Å². The van der Waals surface area contributed by atoms with E-state index in [0.29, 0.717) is 16.5 Å². The number of likely N-dealkylation sites (N-methyl/N-ethyl adjacent to an activating group) is 2. The Morgan fingerprint density at radius 2 is 1.03 bits per heavy atom. The van der Waals surface area contributed by atoms with Crippen LogP contribution in [0.4, 0.5) is 53.6 Å². The third kappa shape index (κ3) is 18.3. The predicted molar refractivity (Wildman–Crippen MR) is 317 cm³/mol. The van der Waals surface area contributed by atoms with Gasteiger partial charge in [-0.05, 0) is 29.8 Å². The van der Waals surface area contributed by atoms with Gasteiger partial charge in [0.2, 0.25) is 5.36 Å². The fourth-order valence-electron chi connectivity index (χ4n) is 8.94. The van der Waals surface area contributed by atoms with Gasteiger partial charge in [-0.3, -0.25) is 5.32 Å². The van der Waals surface area contributed by atoms with Gasteiger partial charge in [0.25, 0.3) is 6.17 Å². The third-order valence-corrected chi connectivity index (χ3v) is 13.4. The van der Waals surface area contributed by atoms with Crippen molar-refractivity contribution in [3.63, 3.8) is 0 Å². The van der Waals surface area contributed by atoms with Gasteiger partial charge >= 0.3 is 66.4 Å². The molecule has 474 valence electrons. The number of anilines is 1. The van der Waals surface area contributed by atoms with Crippen molar-refractivity contribution in [2.75, 3.05) is 103 Å². The van der Waals surface area contributed by atoms with Crippen molar-refractivity contribution in [3.05, 3.63) is 71.6 Å². The van der Waals surface area contributed by atoms with Crippen LogP contribution in [0, 0.1) is 0 Å². The van der Waals surface area contributed by atoms with Crippen LogP contribution in [0.25, 0.3) is 33.4 Å². The molecule has 0 bridgehead atoms. The molecule has 35 nitrogen and oxygen atoms in total. The van der Waals surface area contributed by atoms with E-state index in [1.807, 2.05) is 0 Å². The number of urea groups is 8. The van der Waals surface area contributed by atoms with E-state index >= 15 is 0 Å². The number of ether oxygens (including phenoxy) is 2. The van der Waals surface area contributed by atoms with Crippen molar-refractivity contribution in [2.24, 2.45) is 0 Å². The number of carboxylic acids is 1. The topological polar surface area (TPSA) is 462 Å². The molecule has 35 heteroatoms. The first-order valence-corrected chi connectivity index (χ1v) is 26.7. The highest BCUT2D eigenvalue weighted by Crippen LogP contribution is 2.42. The highest BCUT2D eigenvalue weighted by atomic mass is 16.6. The van der Waals surface area contributed by atoms with Gasteiger partial charge in [0.05, 0.1) is 30.3 Å². The lowest BCUT2D eigenvalue weighted by Crippen LogP contribution is -2.73. The van der Waals surface area contributed by atoms with E-state index in [4.69, 9.17) is 13.9 Å². The van der Waals surface area contributed by atoms with Crippen molar-refractivity contribution >= 4 is 83.1 Å². The summed E-state index contributed by atoms with van der Waals surface area (Å²) in [5.41, 5.74) is 1.11. The Labute approximate surface area is 499 Å². The highest BCUT2D eigenvalue weighted by Gasteiger charge is 2.46. The molecule has 4 rings (SSSR count). The lowest BCUT2D eigenvalue weighted by Gasteiger charge is -2.41. The van der Waals surface area contributed by atoms with Crippen LogP contribution in [0.5, 0.6) is 0 Å². The maximum Gasteiger partial charge on any atom is 0.407 e. The molecule has 19 N–H and O–H groups in total. The summed E-state index contributed by atoms with van der Waals surface area (Å²) in [7, 11) is 16.1. The van der Waals surface area contributed by atoms with E-state index in [-0.39, 0.29) is 40.1 Å². The molecule has 2 aromatic carbocycles. The minimum absolute atomic E-state index is 0.0701. The maximum atomic E-state index is 13.6. The number of hydrogen-bond acceptors (Lipinski definition) is 15. The largest absolute Gasteiger partial charge is 0.478 e. The Kier molecular flexibility index (Phi) is 25.9. The summed E-state index contributed by atoms with van der Waals surface area (Å²) in [6.07, 6.45) is -8.34. The van der Waals surface area contributed by atoms with Gasteiger partial charge < -0.3 is 114 Å². The number of aromatic carboxylic acids is 1. The number of nitrogens with one attached hydrogen (secondary N) is 18. The van der Waals surface area contributed by atoms with Crippen LogP contribution in [0.3, 0.4) is 0 Å². The van der Waals surface area contributed by atoms with E-state index in [2.05, 4.69) is 95.7 Å². The molecule has 8 unspecified atom stereocenters. The monoisotopic (exact) mass is 1220 g/mol. The molecule has 8 atom stereocenters. The average molecular weight is 1220 g/mol. The molecule has 0 saturated heterocycles. The van der Waals surface area contributed by atoms with E-state index in [0.717, 1.165) is 0 Å². The molecule has 1 aliphatic heterocycles. The summed E-state index contributed by atoms with van der Waals surface area (Å²) >= 11 is 0. The number of carbonyl (C=O) groups is 11. The SMILES string of the molecule is CNC(=O)NCC(NC(=O)NC)C(NC(=O)NC)C(NC(=O)NC)C(NC(=O)NC)/[N+](C)=c1\ccc2c(-c3ccccc3C(=O)O)c3ccc(N(C)C(NC(=O)NC)C(OC(=O)NC)C(NC(=O)NC)C(CNC(=O)NC)OC(=O)NC)cc3oc-2c1. The van der Waals surface area contributed by atoms with Gasteiger partial charge in [-0.1, -0.05) is 18.2 Å². The summed E-state index contributed by atoms with van der Waals surface area (Å²) in [5.74, 6) is -1.19. The molecule has 0 saturated carbocycles. The Morgan fingerprint density at radius 1 is 0.529 bits per heavy atom. The number of carboxylic acid groups (broad SMARTS) is 1. The van der Waals surface area contributed by atoms with Crippen LogP contribution in [0.2, 0.25) is 0 Å². The van der Waals surface area contributed by atoms with Gasteiger partial charge in [0.15, 0.2) is 6.10 Å². The molecular weight excluding hydrogens is 1140 g/mol. The number of alkyl carbamates (subject to hydrolysis) is 2. The Balaban J connectivity index is 2.20. The first-order chi connectivity index (χ1) is 41.5. The smallest absolute Gasteiger partial charge is 0.407 e. The van der Waals surface area contributed by atoms with Crippen molar-refractivity contribution in [3.8, 4) is 22.5 Å². The highest BCUT2D eigenvalue weighted by molar-refractivity contribution is 6.08. The van der Waals surface area contributed by atoms with E-state index in [9.17, 15) is 57.8 Å². The zero-order chi connectivity index (χ0) is 64.7. The maximum absolute atomic E-state index is 13.6. The second-order valence-electron chi connectivity index (χ2n) is 18.6. The summed E-state index contributed by atoms with van der Waals surface area (Å²) < 4.78 is 19.9. The Hall–Kier alpha value is -10.9. The van der Waals surface area contributed by atoms with Gasteiger partial charge in [0, 0.05) is 118 Å². The number of carbonyl (C=O) groups excluding carboxylic acids is 10. The van der Waals surface area contributed by atoms with Crippen LogP contribution in [-0.4, -0.2) is 218 Å². The summed E-state index contributed by atoms with van der Waals surface area (Å²) in [6, 6.07) is 3.73. The third-order valence-electron chi connectivity index (χ3n) is 13.4. The molecule has 87 heavy (non-hydrogen) atoms. The average Bonchev–Trinajstić information content (AvgIpc) is 1.35. The molecule has 2 aromatic rings. The standard InChI is InChI=1S/C52H76N20O15/c1-53-43(75)63-23-31(65-45(77)55-3)36(66-46(78)56-4)38(68-48(80)58-6)40(69-49(81)59-7)71(11)25-17-19-29-32(21-25)85-33-22-26(18-20-30(33)35(29)27-15-13-14-16-28(27)42(73)74)72(12)41(70-50(82)60-8)39(87-52(84)62-10)37(67-47(79)57-5)34(86-51(83)61-9)24-64-44(76)54-2/h13-22,31,34,36-41H,23-24H2,1-12H3,(H18-,53,54,55,56,57,58,59,60,61,62,63,64,65,66,67,68,69,70,73,74,75,76,77,78,79,80,81,82,83,84)/p+1. The quantitative estimate of drug-likeness (QED) is 0.0212. The lowest BCUT2D eigenvalue weighted by molar-refractivity contribution is 0.00148. The molecule has 0 spiro atoms. The Morgan fingerprint density at radius 3 is 1.60 bits per heavy atom. The lowest BCUT2D eigenvalue weighted by atomic mass is 9.90. The second-order valence-corrected chi connectivity index (χ2v) is 18.6. The first-order valence-electron chi connectivity index (χ1n) is 26.7. The zero-order valence-corrected chi connectivity index (χ0v) is 49.9. The molecule has 0 fully saturated rings. The van der Waals surface area contributed by atoms with Crippen LogP contribution >= 0.6 is 0 Å². The molecule has 1 heterocycles. The van der Waals surface area contributed by atoms with Crippen LogP contribution in [0.15, 0.2) is 65.1 Å². The van der Waals surface area contributed by atoms with E-state index in [1.165, 1.54) is 106 Å². The Bertz CT molecular complexity index is 3180. The second kappa shape index (κ2) is 32.8. The number of rotatable bonds is 23. The fourth-order valence-corrected chi connectivity index (χ4v) is 8.94. The van der Waals surface area contributed by atoms with Crippen molar-refractivity contribution in [1.29, 1.82) is 0 Å². The molecular formula is C52H77N20O15+. The number of amides is 18. The van der Waals surface area contributed by atoms with Crippen molar-refractivity contribution in [2.45, 2.75) is 48.7 Å². The number of benzene rings is 3. The molecule has 0 aromatic heterocycles. The van der Waals surface area contributed by atoms with Gasteiger partial charge in [-0.2, -0.15) is 0 Å². The predicted octanol–water partition coefficient (Wildman–Crippen LogP) is -2.25. The number of nitrogens with zero attached hydrogens (tertiary/aromatic N) is 2. The van der Waals surface area contributed by atoms with Crippen LogP contribution < -0.4 is 111 Å². The fraction of sp³-hybridized carbons (Fsp3) is 0.423. The molecule has 2 aliphatic rings. The van der Waals surface area contributed by atoms with Gasteiger partial charge in [-0.25, -0.2) is 57.3 Å². The molecule has 18 amide bonds. The van der Waals surface area contributed by atoms with Gasteiger partial charge in [-0.15, -0.1) is 0 Å². The first kappa shape index (κ1) is 68.6. The van der Waals surface area contributed by atoms with E-state index < -0.39 is 122 Å². The zero-order valence-electron chi connectivity index (χ0n) is 49.9. The number of fused-ring (bicyclic) bond motifs is 2. The molecule has 0 radical (unpaired) electrons. The van der Waals surface area contributed by atoms with Crippen molar-refractivity contribution < 1.29 is 71.7 Å².